The SMILES string of the molecule is OC(COc1ccccc1)CN(CCc1ccc(Cl)cc1Cl)CC(O)COc1ccccc1. The van der Waals surface area contributed by atoms with Crippen LogP contribution >= 0.6 is 23.2 Å². The molecule has 5 nitrogen and oxygen atoms in total. The number of nitrogens with zero attached hydrogens (tertiary/aromatic N) is 1. The zero-order valence-corrected chi connectivity index (χ0v) is 19.8. The van der Waals surface area contributed by atoms with Crippen LogP contribution in [0.5, 0.6) is 11.5 Å². The van der Waals surface area contributed by atoms with E-state index in [4.69, 9.17) is 32.7 Å². The lowest BCUT2D eigenvalue weighted by atomic mass is 10.1. The molecule has 3 aromatic rings. The van der Waals surface area contributed by atoms with Crippen molar-refractivity contribution in [1.82, 2.24) is 4.90 Å². The highest BCUT2D eigenvalue weighted by atomic mass is 35.5. The van der Waals surface area contributed by atoms with Crippen LogP contribution < -0.4 is 9.47 Å². The predicted octanol–water partition coefficient (Wildman–Crippen LogP) is 4.72. The predicted molar refractivity (Wildman–Crippen MR) is 132 cm³/mol. The number of aliphatic hydroxyl groups excluding tert-OH is 2. The summed E-state index contributed by atoms with van der Waals surface area (Å²) < 4.78 is 11.3. The van der Waals surface area contributed by atoms with E-state index in [9.17, 15) is 10.2 Å². The zero-order chi connectivity index (χ0) is 23.5. The minimum absolute atomic E-state index is 0.152. The summed E-state index contributed by atoms with van der Waals surface area (Å²) in [6, 6.07) is 24.1. The van der Waals surface area contributed by atoms with Gasteiger partial charge < -0.3 is 19.7 Å². The largest absolute Gasteiger partial charge is 0.491 e. The highest BCUT2D eigenvalue weighted by Gasteiger charge is 2.18. The van der Waals surface area contributed by atoms with Crippen LogP contribution in [0.4, 0.5) is 0 Å². The van der Waals surface area contributed by atoms with Crippen molar-refractivity contribution in [3.63, 3.8) is 0 Å². The number of aliphatic hydroxyl groups is 2. The lowest BCUT2D eigenvalue weighted by Gasteiger charge is -2.27. The third-order valence-corrected chi connectivity index (χ3v) is 5.61. The standard InChI is InChI=1S/C26H29Cl2NO4/c27-21-12-11-20(26(28)15-21)13-14-29(16-22(30)18-32-24-7-3-1-4-8-24)17-23(31)19-33-25-9-5-2-6-10-25/h1-12,15,22-23,30-31H,13-14,16-19H2. The summed E-state index contributed by atoms with van der Waals surface area (Å²) in [5.41, 5.74) is 0.955. The van der Waals surface area contributed by atoms with E-state index in [0.29, 0.717) is 47.6 Å². The number of benzene rings is 3. The Morgan fingerprint density at radius 3 is 1.73 bits per heavy atom. The average Bonchev–Trinajstić information content (AvgIpc) is 2.82. The van der Waals surface area contributed by atoms with E-state index in [0.717, 1.165) is 5.56 Å². The van der Waals surface area contributed by atoms with Gasteiger partial charge in [0.2, 0.25) is 0 Å². The Balaban J connectivity index is 1.56. The van der Waals surface area contributed by atoms with Crippen molar-refractivity contribution in [3.8, 4) is 11.5 Å². The van der Waals surface area contributed by atoms with Gasteiger partial charge in [-0.2, -0.15) is 0 Å². The van der Waals surface area contributed by atoms with Gasteiger partial charge in [0.05, 0.1) is 0 Å². The first-order chi connectivity index (χ1) is 16.0. The van der Waals surface area contributed by atoms with E-state index in [1.54, 1.807) is 12.1 Å². The van der Waals surface area contributed by atoms with Crippen molar-refractivity contribution < 1.29 is 19.7 Å². The minimum atomic E-state index is -0.729. The number of para-hydroxylation sites is 2. The molecule has 0 amide bonds. The van der Waals surface area contributed by atoms with Gasteiger partial charge in [-0.3, -0.25) is 4.90 Å². The molecule has 0 aromatic heterocycles. The van der Waals surface area contributed by atoms with Gasteiger partial charge in [-0.1, -0.05) is 65.7 Å². The molecule has 3 aromatic carbocycles. The summed E-state index contributed by atoms with van der Waals surface area (Å²) in [4.78, 5) is 1.99. The quantitative estimate of drug-likeness (QED) is 0.363. The minimum Gasteiger partial charge on any atom is -0.491 e. The first-order valence-electron chi connectivity index (χ1n) is 10.9. The molecule has 0 saturated heterocycles. The molecule has 0 fully saturated rings. The number of hydrogen-bond donors (Lipinski definition) is 2. The van der Waals surface area contributed by atoms with Crippen molar-refractivity contribution in [2.24, 2.45) is 0 Å². The van der Waals surface area contributed by atoms with Crippen LogP contribution in [0.25, 0.3) is 0 Å². The van der Waals surface area contributed by atoms with Crippen LogP contribution in [0.1, 0.15) is 5.56 Å². The molecule has 176 valence electrons. The lowest BCUT2D eigenvalue weighted by molar-refractivity contribution is 0.0318. The third kappa shape index (κ3) is 9.24. The molecule has 3 rings (SSSR count). The Morgan fingerprint density at radius 2 is 1.24 bits per heavy atom. The van der Waals surface area contributed by atoms with Crippen molar-refractivity contribution >= 4 is 23.2 Å². The normalized spacial score (nSPS) is 13.0. The van der Waals surface area contributed by atoms with Crippen LogP contribution in [-0.4, -0.2) is 60.2 Å². The van der Waals surface area contributed by atoms with Crippen molar-refractivity contribution in [2.75, 3.05) is 32.8 Å². The molecule has 0 aliphatic carbocycles. The highest BCUT2D eigenvalue weighted by molar-refractivity contribution is 6.35. The molecule has 0 heterocycles. The molecule has 2 unspecified atom stereocenters. The van der Waals surface area contributed by atoms with Gasteiger partial charge in [0, 0.05) is 29.7 Å². The fourth-order valence-electron chi connectivity index (χ4n) is 3.38. The summed E-state index contributed by atoms with van der Waals surface area (Å²) in [5, 5.41) is 22.3. The fraction of sp³-hybridized carbons (Fsp3) is 0.308. The van der Waals surface area contributed by atoms with Gasteiger partial charge in [0.1, 0.15) is 36.9 Å². The second-order valence-electron chi connectivity index (χ2n) is 7.80. The Bertz CT molecular complexity index is 908. The number of rotatable bonds is 13. The molecule has 2 N–H and O–H groups in total. The number of halogens is 2. The van der Waals surface area contributed by atoms with Gasteiger partial charge in [0.25, 0.3) is 0 Å². The molecule has 33 heavy (non-hydrogen) atoms. The second kappa shape index (κ2) is 13.4. The van der Waals surface area contributed by atoms with Crippen LogP contribution in [0, 0.1) is 0 Å². The first kappa shape index (κ1) is 25.3. The monoisotopic (exact) mass is 489 g/mol. The summed E-state index contributed by atoms with van der Waals surface area (Å²) in [6.07, 6.45) is -0.810. The molecule has 0 saturated carbocycles. The molecule has 0 aliphatic heterocycles. The van der Waals surface area contributed by atoms with Gasteiger partial charge >= 0.3 is 0 Å². The Labute approximate surface area is 205 Å². The molecule has 0 aliphatic rings. The Hall–Kier alpha value is -2.28. The Morgan fingerprint density at radius 1 is 0.727 bits per heavy atom. The van der Waals surface area contributed by atoms with Crippen LogP contribution in [0.2, 0.25) is 10.0 Å². The van der Waals surface area contributed by atoms with Gasteiger partial charge in [0.15, 0.2) is 0 Å². The summed E-state index contributed by atoms with van der Waals surface area (Å²) >= 11 is 12.3. The van der Waals surface area contributed by atoms with Crippen LogP contribution in [-0.2, 0) is 6.42 Å². The zero-order valence-electron chi connectivity index (χ0n) is 18.3. The molecular formula is C26H29Cl2NO4. The number of hydrogen-bond acceptors (Lipinski definition) is 5. The van der Waals surface area contributed by atoms with Crippen LogP contribution in [0.3, 0.4) is 0 Å². The summed E-state index contributed by atoms with van der Waals surface area (Å²) in [6.45, 7) is 1.56. The van der Waals surface area contributed by atoms with Gasteiger partial charge in [-0.05, 0) is 48.4 Å². The number of ether oxygens (including phenoxy) is 2. The van der Waals surface area contributed by atoms with Crippen molar-refractivity contribution in [1.29, 1.82) is 0 Å². The van der Waals surface area contributed by atoms with Gasteiger partial charge in [-0.25, -0.2) is 0 Å². The van der Waals surface area contributed by atoms with E-state index in [2.05, 4.69) is 0 Å². The van der Waals surface area contributed by atoms with Crippen molar-refractivity contribution in [2.45, 2.75) is 18.6 Å². The van der Waals surface area contributed by atoms with E-state index in [1.807, 2.05) is 71.6 Å². The molecule has 0 bridgehead atoms. The van der Waals surface area contributed by atoms with E-state index in [-0.39, 0.29) is 13.2 Å². The highest BCUT2D eigenvalue weighted by Crippen LogP contribution is 2.21. The summed E-state index contributed by atoms with van der Waals surface area (Å²) in [7, 11) is 0. The lowest BCUT2D eigenvalue weighted by Crippen LogP contribution is -2.42. The molecule has 0 spiro atoms. The molecular weight excluding hydrogens is 461 g/mol. The average molecular weight is 490 g/mol. The van der Waals surface area contributed by atoms with E-state index in [1.165, 1.54) is 0 Å². The smallest absolute Gasteiger partial charge is 0.119 e. The van der Waals surface area contributed by atoms with Gasteiger partial charge in [-0.15, -0.1) is 0 Å². The third-order valence-electron chi connectivity index (χ3n) is 5.02. The van der Waals surface area contributed by atoms with Crippen molar-refractivity contribution in [3.05, 3.63) is 94.5 Å². The molecule has 2 atom stereocenters. The maximum Gasteiger partial charge on any atom is 0.119 e. The summed E-state index contributed by atoms with van der Waals surface area (Å²) in [5.74, 6) is 1.40. The van der Waals surface area contributed by atoms with E-state index < -0.39 is 12.2 Å². The molecule has 7 heteroatoms. The second-order valence-corrected chi connectivity index (χ2v) is 8.64. The Kier molecular flexibility index (Phi) is 10.3. The van der Waals surface area contributed by atoms with Crippen LogP contribution in [0.15, 0.2) is 78.9 Å². The topological polar surface area (TPSA) is 62.2 Å². The van der Waals surface area contributed by atoms with E-state index >= 15 is 0 Å². The molecule has 0 radical (unpaired) electrons. The maximum atomic E-state index is 10.6. The first-order valence-corrected chi connectivity index (χ1v) is 11.6. The maximum absolute atomic E-state index is 10.6. The fourth-order valence-corrected chi connectivity index (χ4v) is 3.88.